The summed E-state index contributed by atoms with van der Waals surface area (Å²) >= 11 is 11.9. The lowest BCUT2D eigenvalue weighted by molar-refractivity contribution is -0.144. The normalized spacial score (nSPS) is 16.5. The Balaban J connectivity index is 1.72. The minimum absolute atomic E-state index is 0.206. The fourth-order valence-corrected chi connectivity index (χ4v) is 3.97. The molecule has 1 atom stereocenters. The summed E-state index contributed by atoms with van der Waals surface area (Å²) in [5.41, 5.74) is 5.37. The van der Waals surface area contributed by atoms with Crippen LogP contribution in [0.15, 0.2) is 18.2 Å². The van der Waals surface area contributed by atoms with Gasteiger partial charge in [0, 0.05) is 31.9 Å². The molecule has 2 amide bonds. The molecule has 1 heterocycles. The summed E-state index contributed by atoms with van der Waals surface area (Å²) in [6.07, 6.45) is 2.49. The highest BCUT2D eigenvalue weighted by Gasteiger charge is 2.33. The number of carboxylic acid groups (broad SMARTS) is 1. The predicted octanol–water partition coefficient (Wildman–Crippen LogP) is 2.35. The molecule has 9 nitrogen and oxygen atoms in total. The van der Waals surface area contributed by atoms with E-state index in [1.54, 1.807) is 23.1 Å². The van der Waals surface area contributed by atoms with Gasteiger partial charge in [0.05, 0.1) is 10.0 Å². The summed E-state index contributed by atoms with van der Waals surface area (Å²) in [6, 6.07) is 4.71. The number of carboxylic acids is 1. The van der Waals surface area contributed by atoms with Crippen LogP contribution in [-0.2, 0) is 4.79 Å². The molecule has 1 aliphatic rings. The van der Waals surface area contributed by atoms with Crippen LogP contribution in [0.25, 0.3) is 0 Å². The predicted molar refractivity (Wildman–Crippen MR) is 126 cm³/mol. The summed E-state index contributed by atoms with van der Waals surface area (Å²) in [4.78, 5) is 28.0. The number of carbonyl (C=O) groups is 2. The van der Waals surface area contributed by atoms with E-state index in [9.17, 15) is 14.7 Å². The first-order chi connectivity index (χ1) is 15.1. The van der Waals surface area contributed by atoms with Gasteiger partial charge in [-0.2, -0.15) is 0 Å². The van der Waals surface area contributed by atoms with E-state index in [4.69, 9.17) is 39.0 Å². The molecule has 1 aliphatic heterocycles. The fourth-order valence-electron chi connectivity index (χ4n) is 3.68. The summed E-state index contributed by atoms with van der Waals surface area (Å²) in [5.74, 6) is -1.04. The second-order valence-corrected chi connectivity index (χ2v) is 8.99. The van der Waals surface area contributed by atoms with Gasteiger partial charge in [-0.3, -0.25) is 9.69 Å². The number of halogens is 2. The van der Waals surface area contributed by atoms with Crippen molar-refractivity contribution in [3.63, 3.8) is 0 Å². The van der Waals surface area contributed by atoms with Gasteiger partial charge in [-0.05, 0) is 50.3 Å². The maximum atomic E-state index is 12.5. The van der Waals surface area contributed by atoms with E-state index in [2.05, 4.69) is 10.2 Å². The van der Waals surface area contributed by atoms with Crippen LogP contribution in [0.2, 0.25) is 16.4 Å². The number of hydrogen-bond donors (Lipinski definition) is 5. The number of benzene rings is 1. The van der Waals surface area contributed by atoms with Crippen molar-refractivity contribution in [3.8, 4) is 0 Å². The van der Waals surface area contributed by atoms with Crippen molar-refractivity contribution in [1.82, 2.24) is 9.80 Å². The van der Waals surface area contributed by atoms with Crippen LogP contribution in [0, 0.1) is 0 Å². The minimum Gasteiger partial charge on any atom is -0.480 e. The van der Waals surface area contributed by atoms with Crippen LogP contribution in [0.4, 0.5) is 10.5 Å². The maximum Gasteiger partial charge on any atom is 0.451 e. The molecular formula is C20H31BCl2N4O5. The number of hydrogen-bond acceptors (Lipinski definition) is 6. The van der Waals surface area contributed by atoms with E-state index in [0.29, 0.717) is 74.1 Å². The average Bonchev–Trinajstić information content (AvgIpc) is 2.74. The fraction of sp³-hybridized carbons (Fsp3) is 0.600. The first-order valence-electron chi connectivity index (χ1n) is 10.7. The van der Waals surface area contributed by atoms with E-state index in [-0.39, 0.29) is 18.8 Å². The topological polar surface area (TPSA) is 139 Å². The van der Waals surface area contributed by atoms with Crippen molar-refractivity contribution < 1.29 is 24.7 Å². The Kier molecular flexibility index (Phi) is 10.5. The lowest BCUT2D eigenvalue weighted by Gasteiger charge is -2.35. The van der Waals surface area contributed by atoms with Crippen LogP contribution in [0.1, 0.15) is 32.1 Å². The molecule has 0 radical (unpaired) electrons. The van der Waals surface area contributed by atoms with E-state index >= 15 is 0 Å². The lowest BCUT2D eigenvalue weighted by Crippen LogP contribution is -2.51. The summed E-state index contributed by atoms with van der Waals surface area (Å²) < 4.78 is 0. The largest absolute Gasteiger partial charge is 0.480 e. The average molecular weight is 489 g/mol. The van der Waals surface area contributed by atoms with Gasteiger partial charge in [0.15, 0.2) is 0 Å². The first kappa shape index (κ1) is 26.7. The maximum absolute atomic E-state index is 12.5. The van der Waals surface area contributed by atoms with Crippen LogP contribution in [0.3, 0.4) is 0 Å². The van der Waals surface area contributed by atoms with Crippen molar-refractivity contribution in [2.24, 2.45) is 5.73 Å². The Morgan fingerprint density at radius 1 is 1.06 bits per heavy atom. The van der Waals surface area contributed by atoms with E-state index in [1.165, 1.54) is 0 Å². The van der Waals surface area contributed by atoms with Crippen LogP contribution in [-0.4, -0.2) is 82.3 Å². The number of amides is 2. The first-order valence-corrected chi connectivity index (χ1v) is 11.5. The number of aliphatic carboxylic acids is 1. The molecule has 0 bridgehead atoms. The van der Waals surface area contributed by atoms with Gasteiger partial charge in [0.1, 0.15) is 5.54 Å². The second-order valence-electron chi connectivity index (χ2n) is 8.18. The van der Waals surface area contributed by atoms with Crippen LogP contribution in [0.5, 0.6) is 0 Å². The molecule has 0 aromatic heterocycles. The zero-order valence-corrected chi connectivity index (χ0v) is 19.5. The molecule has 1 unspecified atom stereocenters. The van der Waals surface area contributed by atoms with Crippen molar-refractivity contribution >= 4 is 48.0 Å². The number of nitrogens with one attached hydrogen (secondary N) is 1. The van der Waals surface area contributed by atoms with Crippen molar-refractivity contribution in [2.45, 2.75) is 44.0 Å². The molecule has 2 rings (SSSR count). The molecular weight excluding hydrogens is 458 g/mol. The van der Waals surface area contributed by atoms with E-state index < -0.39 is 18.6 Å². The molecule has 1 fully saturated rings. The third-order valence-electron chi connectivity index (χ3n) is 5.69. The van der Waals surface area contributed by atoms with Crippen molar-refractivity contribution in [3.05, 3.63) is 28.2 Å². The molecule has 1 saturated heterocycles. The number of nitrogens with zero attached hydrogens (tertiary/aromatic N) is 2. The molecule has 0 spiro atoms. The number of rotatable bonds is 11. The third-order valence-corrected chi connectivity index (χ3v) is 6.43. The highest BCUT2D eigenvalue weighted by molar-refractivity contribution is 6.42. The Morgan fingerprint density at radius 3 is 2.31 bits per heavy atom. The molecule has 32 heavy (non-hydrogen) atoms. The van der Waals surface area contributed by atoms with Crippen LogP contribution >= 0.6 is 23.2 Å². The minimum atomic E-state index is -1.38. The Morgan fingerprint density at radius 2 is 1.72 bits per heavy atom. The monoisotopic (exact) mass is 488 g/mol. The number of unbranched alkanes of at least 4 members (excludes halogenated alkanes) is 1. The van der Waals surface area contributed by atoms with Gasteiger partial charge < -0.3 is 31.1 Å². The highest BCUT2D eigenvalue weighted by atomic mass is 35.5. The van der Waals surface area contributed by atoms with Gasteiger partial charge in [0.25, 0.3) is 0 Å². The highest BCUT2D eigenvalue weighted by Crippen LogP contribution is 2.25. The zero-order chi connectivity index (χ0) is 23.7. The van der Waals surface area contributed by atoms with Gasteiger partial charge >= 0.3 is 19.1 Å². The summed E-state index contributed by atoms with van der Waals surface area (Å²) in [6.45, 7) is 3.19. The van der Waals surface area contributed by atoms with Gasteiger partial charge in [-0.1, -0.05) is 36.0 Å². The Labute approximate surface area is 198 Å². The van der Waals surface area contributed by atoms with E-state index in [0.717, 1.165) is 0 Å². The van der Waals surface area contributed by atoms with E-state index in [1.807, 2.05) is 0 Å². The molecule has 0 saturated carbocycles. The second kappa shape index (κ2) is 12.6. The van der Waals surface area contributed by atoms with Gasteiger partial charge in [0.2, 0.25) is 0 Å². The van der Waals surface area contributed by atoms with Crippen molar-refractivity contribution in [1.29, 1.82) is 0 Å². The molecule has 178 valence electrons. The molecule has 1 aromatic carbocycles. The quantitative estimate of drug-likeness (QED) is 0.238. The molecule has 12 heteroatoms. The standard InChI is InChI=1S/C20H31BCl2N4O5/c22-16-5-4-15(14-17(16)23)25-19(30)27-12-10-26(11-13-27)9-3-7-20(24,18(28)29)6-1-2-8-21(31)32/h4-5,14,31-32H,1-3,6-13,24H2,(H,25,30)(H,28,29). The summed E-state index contributed by atoms with van der Waals surface area (Å²) in [7, 11) is -1.38. The smallest absolute Gasteiger partial charge is 0.451 e. The van der Waals surface area contributed by atoms with Crippen molar-refractivity contribution in [2.75, 3.05) is 38.0 Å². The Bertz CT molecular complexity index is 780. The molecule has 1 aromatic rings. The number of urea groups is 1. The van der Waals surface area contributed by atoms with Gasteiger partial charge in [-0.15, -0.1) is 0 Å². The number of piperazine rings is 1. The zero-order valence-electron chi connectivity index (χ0n) is 18.0. The Hall–Kier alpha value is -1.56. The molecule has 0 aliphatic carbocycles. The number of anilines is 1. The molecule has 6 N–H and O–H groups in total. The van der Waals surface area contributed by atoms with Gasteiger partial charge in [-0.25, -0.2) is 4.79 Å². The van der Waals surface area contributed by atoms with Crippen LogP contribution < -0.4 is 11.1 Å². The summed E-state index contributed by atoms with van der Waals surface area (Å²) in [5, 5.41) is 30.9. The lowest BCUT2D eigenvalue weighted by atomic mass is 9.81. The number of nitrogens with two attached hydrogens (primary N) is 1. The SMILES string of the molecule is NC(CCCCB(O)O)(CCCN1CCN(C(=O)Nc2ccc(Cl)c(Cl)c2)CC1)C(=O)O. The third kappa shape index (κ3) is 8.42. The number of carbonyl (C=O) groups excluding carboxylic acids is 1.